The van der Waals surface area contributed by atoms with Crippen LogP contribution < -0.4 is 10.6 Å². The number of nitrogens with zero attached hydrogens (tertiary/aromatic N) is 1. The molecule has 2 N–H and O–H groups in total. The number of hydrogen-bond donors (Lipinski definition) is 2. The molecule has 30 heavy (non-hydrogen) atoms. The first-order valence-electron chi connectivity index (χ1n) is 9.65. The van der Waals surface area contributed by atoms with Crippen molar-refractivity contribution in [2.45, 2.75) is 31.6 Å². The van der Waals surface area contributed by atoms with E-state index < -0.39 is 15.9 Å². The van der Waals surface area contributed by atoms with Gasteiger partial charge in [-0.1, -0.05) is 18.5 Å². The number of anilines is 2. The largest absolute Gasteiger partial charge is 0.326 e. The summed E-state index contributed by atoms with van der Waals surface area (Å²) in [6, 6.07) is 10.7. The minimum absolute atomic E-state index is 0.0487. The zero-order valence-electron chi connectivity index (χ0n) is 16.8. The number of carbonyl (C=O) groups is 2. The molecular formula is C21H24ClN3O4S. The Labute approximate surface area is 181 Å². The molecule has 0 radical (unpaired) electrons. The summed E-state index contributed by atoms with van der Waals surface area (Å²) in [5.74, 6) is -0.212. The van der Waals surface area contributed by atoms with Crippen LogP contribution in [0.4, 0.5) is 11.4 Å². The molecule has 0 spiro atoms. The maximum atomic E-state index is 13.0. The van der Waals surface area contributed by atoms with Crippen LogP contribution in [0, 0.1) is 5.92 Å². The molecule has 0 aromatic heterocycles. The van der Waals surface area contributed by atoms with Gasteiger partial charge in [0, 0.05) is 31.4 Å². The lowest BCUT2D eigenvalue weighted by Crippen LogP contribution is -2.37. The highest BCUT2D eigenvalue weighted by atomic mass is 35.5. The first-order valence-corrected chi connectivity index (χ1v) is 11.5. The minimum Gasteiger partial charge on any atom is -0.326 e. The molecule has 0 bridgehead atoms. The van der Waals surface area contributed by atoms with Crippen LogP contribution in [0.5, 0.6) is 0 Å². The lowest BCUT2D eigenvalue weighted by Gasteiger charge is -2.29. The van der Waals surface area contributed by atoms with Gasteiger partial charge in [0.2, 0.25) is 15.9 Å². The smallest absolute Gasteiger partial charge is 0.257 e. The standard InChI is InChI=1S/C21H24ClN3O4S/c1-14-9-11-25(12-10-14)30(28,29)18-7-8-20(22)19(13-18)21(27)24-17-5-3-16(4-6-17)23-15(2)26/h3-8,13-14H,9-12H2,1-2H3,(H,23,26)(H,24,27). The summed E-state index contributed by atoms with van der Waals surface area (Å²) in [7, 11) is -3.69. The van der Waals surface area contributed by atoms with Crippen molar-refractivity contribution in [2.24, 2.45) is 5.92 Å². The molecule has 1 fully saturated rings. The number of sulfonamides is 1. The van der Waals surface area contributed by atoms with Gasteiger partial charge in [-0.15, -0.1) is 0 Å². The van der Waals surface area contributed by atoms with Gasteiger partial charge in [0.15, 0.2) is 0 Å². The summed E-state index contributed by atoms with van der Waals surface area (Å²) in [5, 5.41) is 5.50. The van der Waals surface area contributed by atoms with E-state index in [9.17, 15) is 18.0 Å². The van der Waals surface area contributed by atoms with Gasteiger partial charge in [0.05, 0.1) is 15.5 Å². The maximum absolute atomic E-state index is 13.0. The number of nitrogens with one attached hydrogen (secondary N) is 2. The number of piperidine rings is 1. The Balaban J connectivity index is 1.79. The van der Waals surface area contributed by atoms with E-state index in [2.05, 4.69) is 17.6 Å². The van der Waals surface area contributed by atoms with Crippen molar-refractivity contribution in [1.29, 1.82) is 0 Å². The van der Waals surface area contributed by atoms with Gasteiger partial charge < -0.3 is 10.6 Å². The molecule has 0 aliphatic carbocycles. The molecule has 160 valence electrons. The molecule has 1 aliphatic heterocycles. The lowest BCUT2D eigenvalue weighted by molar-refractivity contribution is -0.114. The molecule has 2 amide bonds. The molecule has 2 aromatic rings. The van der Waals surface area contributed by atoms with Crippen LogP contribution in [0.3, 0.4) is 0 Å². The van der Waals surface area contributed by atoms with Crippen LogP contribution in [0.1, 0.15) is 37.0 Å². The van der Waals surface area contributed by atoms with E-state index in [1.54, 1.807) is 24.3 Å². The first-order chi connectivity index (χ1) is 14.2. The number of rotatable bonds is 5. The molecule has 1 heterocycles. The van der Waals surface area contributed by atoms with Crippen molar-refractivity contribution in [2.75, 3.05) is 23.7 Å². The topological polar surface area (TPSA) is 95.6 Å². The van der Waals surface area contributed by atoms with E-state index in [1.165, 1.54) is 29.4 Å². The molecular weight excluding hydrogens is 426 g/mol. The highest BCUT2D eigenvalue weighted by Crippen LogP contribution is 2.27. The van der Waals surface area contributed by atoms with Crippen molar-refractivity contribution in [3.63, 3.8) is 0 Å². The molecule has 1 saturated heterocycles. The summed E-state index contributed by atoms with van der Waals surface area (Å²) < 4.78 is 27.4. The van der Waals surface area contributed by atoms with Gasteiger partial charge in [-0.05, 0) is 61.2 Å². The minimum atomic E-state index is -3.69. The van der Waals surface area contributed by atoms with Crippen LogP contribution in [-0.4, -0.2) is 37.6 Å². The predicted octanol–water partition coefficient (Wildman–Crippen LogP) is 3.97. The van der Waals surface area contributed by atoms with Gasteiger partial charge in [0.25, 0.3) is 5.91 Å². The molecule has 0 atom stereocenters. The highest BCUT2D eigenvalue weighted by Gasteiger charge is 2.29. The number of hydrogen-bond acceptors (Lipinski definition) is 4. The van der Waals surface area contributed by atoms with Crippen molar-refractivity contribution < 1.29 is 18.0 Å². The van der Waals surface area contributed by atoms with E-state index in [0.717, 1.165) is 12.8 Å². The highest BCUT2D eigenvalue weighted by molar-refractivity contribution is 7.89. The Morgan fingerprint density at radius 1 is 1.00 bits per heavy atom. The predicted molar refractivity (Wildman–Crippen MR) is 117 cm³/mol. The number of amides is 2. The third-order valence-electron chi connectivity index (χ3n) is 5.03. The lowest BCUT2D eigenvalue weighted by atomic mass is 10.0. The number of carbonyl (C=O) groups excluding carboxylic acids is 2. The summed E-state index contributed by atoms with van der Waals surface area (Å²) in [5.41, 5.74) is 1.17. The van der Waals surface area contributed by atoms with Gasteiger partial charge >= 0.3 is 0 Å². The Bertz CT molecular complexity index is 1050. The molecule has 0 saturated carbocycles. The van der Waals surface area contributed by atoms with Gasteiger partial charge in [-0.3, -0.25) is 9.59 Å². The third-order valence-corrected chi connectivity index (χ3v) is 7.25. The first kappa shape index (κ1) is 22.3. The van der Waals surface area contributed by atoms with Gasteiger partial charge in [-0.25, -0.2) is 8.42 Å². The monoisotopic (exact) mass is 449 g/mol. The van der Waals surface area contributed by atoms with Crippen LogP contribution >= 0.6 is 11.6 Å². The van der Waals surface area contributed by atoms with Gasteiger partial charge in [0.1, 0.15) is 0 Å². The third kappa shape index (κ3) is 5.19. The zero-order chi connectivity index (χ0) is 21.9. The van der Waals surface area contributed by atoms with Crippen molar-refractivity contribution >= 4 is 44.8 Å². The Hall–Kier alpha value is -2.42. The second-order valence-electron chi connectivity index (χ2n) is 7.44. The molecule has 9 heteroatoms. The Morgan fingerprint density at radius 2 is 1.57 bits per heavy atom. The molecule has 2 aromatic carbocycles. The average molecular weight is 450 g/mol. The second-order valence-corrected chi connectivity index (χ2v) is 9.79. The molecule has 0 unspecified atom stereocenters. The Kier molecular flexibility index (Phi) is 6.80. The maximum Gasteiger partial charge on any atom is 0.257 e. The number of halogens is 1. The van der Waals surface area contributed by atoms with Gasteiger partial charge in [-0.2, -0.15) is 4.31 Å². The fourth-order valence-electron chi connectivity index (χ4n) is 3.25. The van der Waals surface area contributed by atoms with E-state index in [0.29, 0.717) is 30.4 Å². The Morgan fingerprint density at radius 3 is 2.13 bits per heavy atom. The average Bonchev–Trinajstić information content (AvgIpc) is 2.69. The van der Waals surface area contributed by atoms with E-state index in [4.69, 9.17) is 11.6 Å². The summed E-state index contributed by atoms with van der Waals surface area (Å²) in [6.45, 7) is 4.45. The second kappa shape index (κ2) is 9.16. The van der Waals surface area contributed by atoms with E-state index in [1.807, 2.05) is 0 Å². The SMILES string of the molecule is CC(=O)Nc1ccc(NC(=O)c2cc(S(=O)(=O)N3CCC(C)CC3)ccc2Cl)cc1. The molecule has 1 aliphatic rings. The van der Waals surface area contributed by atoms with E-state index >= 15 is 0 Å². The zero-order valence-corrected chi connectivity index (χ0v) is 18.4. The normalized spacial score (nSPS) is 15.6. The van der Waals surface area contributed by atoms with Crippen molar-refractivity contribution in [3.8, 4) is 0 Å². The van der Waals surface area contributed by atoms with Crippen molar-refractivity contribution in [3.05, 3.63) is 53.1 Å². The van der Waals surface area contributed by atoms with Crippen LogP contribution in [-0.2, 0) is 14.8 Å². The van der Waals surface area contributed by atoms with Crippen LogP contribution in [0.2, 0.25) is 5.02 Å². The fraction of sp³-hybridized carbons (Fsp3) is 0.333. The number of benzene rings is 2. The molecule has 3 rings (SSSR count). The quantitative estimate of drug-likeness (QED) is 0.721. The fourth-order valence-corrected chi connectivity index (χ4v) is 4.95. The molecule has 7 nitrogen and oxygen atoms in total. The summed E-state index contributed by atoms with van der Waals surface area (Å²) in [4.78, 5) is 23.9. The van der Waals surface area contributed by atoms with Crippen LogP contribution in [0.25, 0.3) is 0 Å². The summed E-state index contributed by atoms with van der Waals surface area (Å²) >= 11 is 6.18. The summed E-state index contributed by atoms with van der Waals surface area (Å²) in [6.07, 6.45) is 1.63. The van der Waals surface area contributed by atoms with Crippen molar-refractivity contribution in [1.82, 2.24) is 4.31 Å². The van der Waals surface area contributed by atoms with Crippen LogP contribution in [0.15, 0.2) is 47.4 Å². The van der Waals surface area contributed by atoms with E-state index in [-0.39, 0.29) is 21.4 Å².